The number of likely N-dealkylation sites (tertiary alicyclic amines) is 1. The van der Waals surface area contributed by atoms with Gasteiger partial charge in [-0.05, 0) is 40.9 Å². The van der Waals surface area contributed by atoms with Crippen molar-refractivity contribution in [3.05, 3.63) is 22.6 Å². The third-order valence-electron chi connectivity index (χ3n) is 3.80. The molecule has 20 heavy (non-hydrogen) atoms. The third-order valence-corrected chi connectivity index (χ3v) is 4.22. The lowest BCUT2D eigenvalue weighted by molar-refractivity contribution is 0.0602. The molecule has 0 radical (unpaired) electrons. The van der Waals surface area contributed by atoms with Crippen LogP contribution in [0, 0.1) is 0 Å². The molecule has 2 aliphatic heterocycles. The number of carbonyl (C=O) groups excluding carboxylic acids is 2. The van der Waals surface area contributed by atoms with Crippen LogP contribution in [0.25, 0.3) is 0 Å². The Morgan fingerprint density at radius 2 is 2.25 bits per heavy atom. The molecule has 2 aliphatic rings. The second-order valence-electron chi connectivity index (χ2n) is 5.08. The van der Waals surface area contributed by atoms with Gasteiger partial charge >= 0.3 is 6.03 Å². The maximum Gasteiger partial charge on any atom is 0.317 e. The van der Waals surface area contributed by atoms with Gasteiger partial charge in [0.1, 0.15) is 0 Å². The second kappa shape index (κ2) is 5.47. The summed E-state index contributed by atoms with van der Waals surface area (Å²) in [5, 5.41) is 2.80. The predicted molar refractivity (Wildman–Crippen MR) is 75.4 cm³/mol. The zero-order chi connectivity index (χ0) is 14.1. The van der Waals surface area contributed by atoms with Crippen LogP contribution in [-0.4, -0.2) is 54.0 Å². The van der Waals surface area contributed by atoms with Crippen molar-refractivity contribution >= 4 is 27.9 Å². The van der Waals surface area contributed by atoms with E-state index in [1.807, 2.05) is 4.90 Å². The summed E-state index contributed by atoms with van der Waals surface area (Å²) >= 11 is 3.20. The van der Waals surface area contributed by atoms with Gasteiger partial charge in [-0.3, -0.25) is 4.79 Å². The minimum atomic E-state index is -0.111. The number of halogens is 1. The molecule has 6 nitrogen and oxygen atoms in total. The van der Waals surface area contributed by atoms with Gasteiger partial charge < -0.3 is 19.5 Å². The average molecular weight is 342 g/mol. The lowest BCUT2D eigenvalue weighted by Gasteiger charge is -2.36. The highest BCUT2D eigenvalue weighted by Crippen LogP contribution is 2.21. The highest BCUT2D eigenvalue weighted by Gasteiger charge is 2.33. The first kappa shape index (κ1) is 13.5. The number of furan rings is 1. The van der Waals surface area contributed by atoms with Crippen molar-refractivity contribution in [3.8, 4) is 0 Å². The van der Waals surface area contributed by atoms with E-state index in [-0.39, 0.29) is 18.0 Å². The van der Waals surface area contributed by atoms with Crippen molar-refractivity contribution in [3.63, 3.8) is 0 Å². The molecule has 1 aromatic heterocycles. The van der Waals surface area contributed by atoms with Gasteiger partial charge in [0.05, 0.1) is 6.04 Å². The number of nitrogens with one attached hydrogen (secondary N) is 1. The molecule has 0 saturated carbocycles. The molecule has 1 atom stereocenters. The van der Waals surface area contributed by atoms with Crippen LogP contribution >= 0.6 is 15.9 Å². The van der Waals surface area contributed by atoms with E-state index in [9.17, 15) is 9.59 Å². The fourth-order valence-electron chi connectivity index (χ4n) is 2.81. The first-order valence-corrected chi connectivity index (χ1v) is 7.53. The predicted octanol–water partition coefficient (Wildman–Crippen LogP) is 1.67. The Bertz CT molecular complexity index is 531. The van der Waals surface area contributed by atoms with Gasteiger partial charge in [0.25, 0.3) is 5.91 Å². The summed E-state index contributed by atoms with van der Waals surface area (Å²) in [5.74, 6) is 0.225. The monoisotopic (exact) mass is 341 g/mol. The lowest BCUT2D eigenvalue weighted by atomic mass is 10.0. The standard InChI is InChI=1S/C13H16BrN3O3/c14-11-4-3-10(20-11)12(18)16-6-1-2-9(8-16)17-7-5-15-13(17)19/h3-4,9H,1-2,5-8H2,(H,15,19). The highest BCUT2D eigenvalue weighted by atomic mass is 79.9. The van der Waals surface area contributed by atoms with E-state index in [0.29, 0.717) is 30.1 Å². The molecule has 0 aliphatic carbocycles. The molecular formula is C13H16BrN3O3. The number of hydrogen-bond donors (Lipinski definition) is 1. The Morgan fingerprint density at radius 1 is 1.40 bits per heavy atom. The molecule has 3 amide bonds. The Balaban J connectivity index is 1.68. The maximum atomic E-state index is 12.3. The Morgan fingerprint density at radius 3 is 2.90 bits per heavy atom. The lowest BCUT2D eigenvalue weighted by Crippen LogP contribution is -2.50. The molecule has 2 fully saturated rings. The molecule has 0 spiro atoms. The number of rotatable bonds is 2. The van der Waals surface area contributed by atoms with Crippen molar-refractivity contribution in [2.24, 2.45) is 0 Å². The molecule has 108 valence electrons. The quantitative estimate of drug-likeness (QED) is 0.889. The number of amides is 3. The van der Waals surface area contributed by atoms with Gasteiger partial charge in [-0.15, -0.1) is 0 Å². The van der Waals surface area contributed by atoms with E-state index in [2.05, 4.69) is 21.2 Å². The number of hydrogen-bond acceptors (Lipinski definition) is 3. The van der Waals surface area contributed by atoms with Gasteiger partial charge in [-0.2, -0.15) is 0 Å². The fraction of sp³-hybridized carbons (Fsp3) is 0.538. The van der Waals surface area contributed by atoms with Gasteiger partial charge in [-0.25, -0.2) is 4.79 Å². The summed E-state index contributed by atoms with van der Waals surface area (Å²) < 4.78 is 5.86. The maximum absolute atomic E-state index is 12.3. The van der Waals surface area contributed by atoms with E-state index >= 15 is 0 Å². The largest absolute Gasteiger partial charge is 0.444 e. The van der Waals surface area contributed by atoms with Crippen molar-refractivity contribution in [1.82, 2.24) is 15.1 Å². The first-order chi connectivity index (χ1) is 9.65. The summed E-state index contributed by atoms with van der Waals surface area (Å²) in [6.45, 7) is 2.69. The average Bonchev–Trinajstić information content (AvgIpc) is 3.07. The van der Waals surface area contributed by atoms with E-state index in [4.69, 9.17) is 4.42 Å². The third kappa shape index (κ3) is 2.54. The van der Waals surface area contributed by atoms with Crippen molar-refractivity contribution in [2.45, 2.75) is 18.9 Å². The topological polar surface area (TPSA) is 65.8 Å². The number of piperidine rings is 1. The van der Waals surface area contributed by atoms with Crippen LogP contribution in [0.5, 0.6) is 0 Å². The molecule has 3 heterocycles. The SMILES string of the molecule is O=C(c1ccc(Br)o1)N1CCCC(N2CCNC2=O)C1. The van der Waals surface area contributed by atoms with Crippen molar-refractivity contribution in [2.75, 3.05) is 26.2 Å². The smallest absolute Gasteiger partial charge is 0.317 e. The van der Waals surface area contributed by atoms with Crippen molar-refractivity contribution in [1.29, 1.82) is 0 Å². The van der Waals surface area contributed by atoms with E-state index in [0.717, 1.165) is 19.4 Å². The highest BCUT2D eigenvalue weighted by molar-refractivity contribution is 9.10. The fourth-order valence-corrected chi connectivity index (χ4v) is 3.12. The minimum Gasteiger partial charge on any atom is -0.444 e. The van der Waals surface area contributed by atoms with Crippen molar-refractivity contribution < 1.29 is 14.0 Å². The minimum absolute atomic E-state index is 0.0231. The van der Waals surface area contributed by atoms with E-state index < -0.39 is 0 Å². The molecule has 0 aromatic carbocycles. The summed E-state index contributed by atoms with van der Waals surface area (Å²) in [4.78, 5) is 27.7. The van der Waals surface area contributed by atoms with Gasteiger partial charge in [0.15, 0.2) is 10.4 Å². The van der Waals surface area contributed by atoms with Crippen LogP contribution in [0.1, 0.15) is 23.4 Å². The van der Waals surface area contributed by atoms with Crippen LogP contribution in [0.2, 0.25) is 0 Å². The summed E-state index contributed by atoms with van der Waals surface area (Å²) in [5.41, 5.74) is 0. The molecular weight excluding hydrogens is 326 g/mol. The van der Waals surface area contributed by atoms with Gasteiger partial charge in [0.2, 0.25) is 0 Å². The molecule has 2 saturated heterocycles. The van der Waals surface area contributed by atoms with Crippen LogP contribution in [-0.2, 0) is 0 Å². The van der Waals surface area contributed by atoms with Crippen LogP contribution in [0.4, 0.5) is 4.79 Å². The Labute approximate surface area is 125 Å². The summed E-state index contributed by atoms with van der Waals surface area (Å²) in [7, 11) is 0. The molecule has 1 aromatic rings. The molecule has 0 bridgehead atoms. The number of urea groups is 1. The van der Waals surface area contributed by atoms with Crippen LogP contribution in [0.3, 0.4) is 0 Å². The van der Waals surface area contributed by atoms with Crippen LogP contribution < -0.4 is 5.32 Å². The molecule has 1 unspecified atom stereocenters. The first-order valence-electron chi connectivity index (χ1n) is 6.74. The number of carbonyl (C=O) groups is 2. The Hall–Kier alpha value is -1.50. The van der Waals surface area contributed by atoms with Crippen LogP contribution in [0.15, 0.2) is 21.2 Å². The normalized spacial score (nSPS) is 23.1. The molecule has 1 N–H and O–H groups in total. The summed E-state index contributed by atoms with van der Waals surface area (Å²) in [6.07, 6.45) is 1.85. The number of nitrogens with zero attached hydrogens (tertiary/aromatic N) is 2. The zero-order valence-corrected chi connectivity index (χ0v) is 12.6. The molecule has 3 rings (SSSR count). The Kier molecular flexibility index (Phi) is 3.69. The van der Waals surface area contributed by atoms with Gasteiger partial charge in [-0.1, -0.05) is 0 Å². The zero-order valence-electron chi connectivity index (χ0n) is 11.0. The van der Waals surface area contributed by atoms with E-state index in [1.54, 1.807) is 17.0 Å². The second-order valence-corrected chi connectivity index (χ2v) is 5.86. The molecule has 7 heteroatoms. The van der Waals surface area contributed by atoms with E-state index in [1.165, 1.54) is 0 Å². The van der Waals surface area contributed by atoms with Gasteiger partial charge in [0, 0.05) is 26.2 Å². The summed E-state index contributed by atoms with van der Waals surface area (Å²) in [6, 6.07) is 3.46.